The molecule has 1 amide bonds. The van der Waals surface area contributed by atoms with Gasteiger partial charge in [-0.15, -0.1) is 11.3 Å². The number of rotatable bonds is 4. The zero-order valence-corrected chi connectivity index (χ0v) is 11.8. The molecular weight excluding hydrogens is 258 g/mol. The Morgan fingerprint density at radius 3 is 2.63 bits per heavy atom. The molecular formula is C14H17N3OS. The molecule has 3 N–H and O–H groups in total. The number of hydrogen-bond donors (Lipinski definition) is 2. The van der Waals surface area contributed by atoms with Crippen LogP contribution >= 0.6 is 11.3 Å². The Bertz CT molecular complexity index is 551. The fraction of sp³-hybridized carbons (Fsp3) is 0.286. The van der Waals surface area contributed by atoms with E-state index in [4.69, 9.17) is 5.73 Å². The van der Waals surface area contributed by atoms with Gasteiger partial charge in [0.1, 0.15) is 5.01 Å². The van der Waals surface area contributed by atoms with E-state index in [0.29, 0.717) is 0 Å². The van der Waals surface area contributed by atoms with Crippen molar-refractivity contribution in [2.24, 2.45) is 5.73 Å². The number of benzene rings is 1. The number of amides is 1. The smallest absolute Gasteiger partial charge is 0.237 e. The maximum Gasteiger partial charge on any atom is 0.237 e. The standard InChI is InChI=1S/C14H17N3OS/c1-9(15)13(18)16-10(2)14-17-12(8-19-14)11-6-4-3-5-7-11/h3-10H,15H2,1-2H3,(H,16,18)/t9-,10?/m0/s1. The molecule has 0 radical (unpaired) electrons. The van der Waals surface area contributed by atoms with Crippen LogP contribution in [0.1, 0.15) is 24.9 Å². The van der Waals surface area contributed by atoms with E-state index in [1.165, 1.54) is 11.3 Å². The third kappa shape index (κ3) is 3.39. The lowest BCUT2D eigenvalue weighted by Gasteiger charge is -2.12. The van der Waals surface area contributed by atoms with Crippen LogP contribution in [0.15, 0.2) is 35.7 Å². The van der Waals surface area contributed by atoms with Crippen LogP contribution in [0.2, 0.25) is 0 Å². The van der Waals surface area contributed by atoms with Crippen LogP contribution in [0, 0.1) is 0 Å². The Labute approximate surface area is 116 Å². The highest BCUT2D eigenvalue weighted by molar-refractivity contribution is 7.10. The molecule has 0 fully saturated rings. The van der Waals surface area contributed by atoms with Gasteiger partial charge < -0.3 is 11.1 Å². The van der Waals surface area contributed by atoms with Crippen LogP contribution in [0.5, 0.6) is 0 Å². The molecule has 2 aromatic rings. The first kappa shape index (κ1) is 13.7. The summed E-state index contributed by atoms with van der Waals surface area (Å²) in [5.41, 5.74) is 7.54. The Balaban J connectivity index is 2.11. The van der Waals surface area contributed by atoms with Gasteiger partial charge in [-0.1, -0.05) is 30.3 Å². The van der Waals surface area contributed by atoms with Crippen LogP contribution in [0.4, 0.5) is 0 Å². The first-order valence-electron chi connectivity index (χ1n) is 6.14. The summed E-state index contributed by atoms with van der Waals surface area (Å²) in [5.74, 6) is -0.163. The predicted octanol–water partition coefficient (Wildman–Crippen LogP) is 2.33. The van der Waals surface area contributed by atoms with E-state index >= 15 is 0 Å². The Morgan fingerprint density at radius 2 is 2.00 bits per heavy atom. The fourth-order valence-electron chi connectivity index (χ4n) is 1.63. The molecule has 0 saturated heterocycles. The van der Waals surface area contributed by atoms with Gasteiger partial charge >= 0.3 is 0 Å². The summed E-state index contributed by atoms with van der Waals surface area (Å²) in [4.78, 5) is 16.1. The number of nitrogens with one attached hydrogen (secondary N) is 1. The molecule has 0 aliphatic carbocycles. The second-order valence-corrected chi connectivity index (χ2v) is 5.35. The minimum atomic E-state index is -0.504. The van der Waals surface area contributed by atoms with Gasteiger partial charge in [0.2, 0.25) is 5.91 Å². The topological polar surface area (TPSA) is 68.0 Å². The lowest BCUT2D eigenvalue weighted by Crippen LogP contribution is -2.39. The molecule has 0 bridgehead atoms. The van der Waals surface area contributed by atoms with E-state index in [0.717, 1.165) is 16.3 Å². The summed E-state index contributed by atoms with van der Waals surface area (Å²) < 4.78 is 0. The van der Waals surface area contributed by atoms with Gasteiger partial charge in [-0.25, -0.2) is 4.98 Å². The molecule has 2 rings (SSSR count). The Hall–Kier alpha value is -1.72. The van der Waals surface area contributed by atoms with Crippen LogP contribution in [-0.2, 0) is 4.79 Å². The van der Waals surface area contributed by atoms with Crippen molar-refractivity contribution in [3.63, 3.8) is 0 Å². The monoisotopic (exact) mass is 275 g/mol. The summed E-state index contributed by atoms with van der Waals surface area (Å²) >= 11 is 1.54. The first-order valence-corrected chi connectivity index (χ1v) is 7.02. The highest BCUT2D eigenvalue weighted by Crippen LogP contribution is 2.25. The summed E-state index contributed by atoms with van der Waals surface area (Å²) in [7, 11) is 0. The normalized spacial score (nSPS) is 13.8. The third-order valence-electron chi connectivity index (χ3n) is 2.73. The van der Waals surface area contributed by atoms with Crippen molar-refractivity contribution in [3.05, 3.63) is 40.7 Å². The average molecular weight is 275 g/mol. The Kier molecular flexibility index (Phi) is 4.29. The van der Waals surface area contributed by atoms with E-state index in [1.807, 2.05) is 42.6 Å². The van der Waals surface area contributed by atoms with E-state index in [-0.39, 0.29) is 11.9 Å². The molecule has 4 nitrogen and oxygen atoms in total. The predicted molar refractivity (Wildman–Crippen MR) is 77.8 cm³/mol. The molecule has 1 aromatic heterocycles. The summed E-state index contributed by atoms with van der Waals surface area (Å²) in [6.07, 6.45) is 0. The number of nitrogens with two attached hydrogens (primary N) is 1. The lowest BCUT2D eigenvalue weighted by atomic mass is 10.2. The molecule has 19 heavy (non-hydrogen) atoms. The largest absolute Gasteiger partial charge is 0.346 e. The number of hydrogen-bond acceptors (Lipinski definition) is 4. The summed E-state index contributed by atoms with van der Waals surface area (Å²) in [6.45, 7) is 3.58. The van der Waals surface area contributed by atoms with Gasteiger partial charge in [-0.3, -0.25) is 4.79 Å². The number of carbonyl (C=O) groups is 1. The van der Waals surface area contributed by atoms with Gasteiger partial charge in [0.25, 0.3) is 0 Å². The average Bonchev–Trinajstić information content (AvgIpc) is 2.89. The van der Waals surface area contributed by atoms with Gasteiger partial charge in [0.05, 0.1) is 17.8 Å². The molecule has 0 spiro atoms. The molecule has 1 unspecified atom stereocenters. The van der Waals surface area contributed by atoms with Gasteiger partial charge in [0, 0.05) is 10.9 Å². The third-order valence-corrected chi connectivity index (χ3v) is 3.76. The maximum absolute atomic E-state index is 11.5. The van der Waals surface area contributed by atoms with Crippen LogP contribution in [0.25, 0.3) is 11.3 Å². The second-order valence-electron chi connectivity index (χ2n) is 4.46. The zero-order valence-electron chi connectivity index (χ0n) is 11.0. The second kappa shape index (κ2) is 5.95. The van der Waals surface area contributed by atoms with E-state index < -0.39 is 6.04 Å². The van der Waals surface area contributed by atoms with Crippen molar-refractivity contribution in [2.75, 3.05) is 0 Å². The van der Waals surface area contributed by atoms with Crippen molar-refractivity contribution in [2.45, 2.75) is 25.9 Å². The molecule has 0 aliphatic heterocycles. The van der Waals surface area contributed by atoms with E-state index in [9.17, 15) is 4.79 Å². The number of carbonyl (C=O) groups excluding carboxylic acids is 1. The molecule has 1 aromatic carbocycles. The van der Waals surface area contributed by atoms with Crippen LogP contribution < -0.4 is 11.1 Å². The van der Waals surface area contributed by atoms with Crippen molar-refractivity contribution in [1.29, 1.82) is 0 Å². The SMILES string of the molecule is CC(NC(=O)[C@H](C)N)c1nc(-c2ccccc2)cs1. The van der Waals surface area contributed by atoms with Crippen LogP contribution in [0.3, 0.4) is 0 Å². The fourth-order valence-corrected chi connectivity index (χ4v) is 2.47. The molecule has 0 aliphatic rings. The Morgan fingerprint density at radius 1 is 1.32 bits per heavy atom. The molecule has 0 saturated carbocycles. The lowest BCUT2D eigenvalue weighted by molar-refractivity contribution is -0.122. The highest BCUT2D eigenvalue weighted by Gasteiger charge is 2.15. The van der Waals surface area contributed by atoms with E-state index in [1.54, 1.807) is 6.92 Å². The number of aromatic nitrogens is 1. The highest BCUT2D eigenvalue weighted by atomic mass is 32.1. The number of thiazole rings is 1. The molecule has 2 atom stereocenters. The number of nitrogens with zero attached hydrogens (tertiary/aromatic N) is 1. The minimum Gasteiger partial charge on any atom is -0.346 e. The zero-order chi connectivity index (χ0) is 13.8. The minimum absolute atomic E-state index is 0.124. The maximum atomic E-state index is 11.5. The van der Waals surface area contributed by atoms with Gasteiger partial charge in [0.15, 0.2) is 0 Å². The van der Waals surface area contributed by atoms with Crippen molar-refractivity contribution < 1.29 is 4.79 Å². The van der Waals surface area contributed by atoms with Crippen molar-refractivity contribution in [1.82, 2.24) is 10.3 Å². The first-order chi connectivity index (χ1) is 9.08. The quantitative estimate of drug-likeness (QED) is 0.900. The molecule has 100 valence electrons. The van der Waals surface area contributed by atoms with Crippen LogP contribution in [-0.4, -0.2) is 16.9 Å². The van der Waals surface area contributed by atoms with Gasteiger partial charge in [-0.2, -0.15) is 0 Å². The summed E-state index contributed by atoms with van der Waals surface area (Å²) in [5, 5.41) is 5.73. The van der Waals surface area contributed by atoms with Crippen molar-refractivity contribution >= 4 is 17.2 Å². The van der Waals surface area contributed by atoms with Crippen molar-refractivity contribution in [3.8, 4) is 11.3 Å². The van der Waals surface area contributed by atoms with E-state index in [2.05, 4.69) is 10.3 Å². The molecule has 1 heterocycles. The van der Waals surface area contributed by atoms with Gasteiger partial charge in [-0.05, 0) is 13.8 Å². The molecule has 5 heteroatoms. The summed E-state index contributed by atoms with van der Waals surface area (Å²) in [6, 6.07) is 9.35.